The molecule has 2 rings (SSSR count). The van der Waals surface area contributed by atoms with Gasteiger partial charge in [-0.2, -0.15) is 0 Å². The molecule has 0 saturated heterocycles. The summed E-state index contributed by atoms with van der Waals surface area (Å²) < 4.78 is 0. The van der Waals surface area contributed by atoms with E-state index in [1.165, 1.54) is 0 Å². The third-order valence-corrected chi connectivity index (χ3v) is 4.28. The largest absolute Gasteiger partial charge is 0.397 e. The lowest BCUT2D eigenvalue weighted by molar-refractivity contribution is -0.0145. The molecule has 4 heteroatoms. The molecule has 0 radical (unpaired) electrons. The smallest absolute Gasteiger partial charge is 0.126 e. The van der Waals surface area contributed by atoms with Crippen molar-refractivity contribution < 1.29 is 5.11 Å². The number of hydrogen-bond acceptors (Lipinski definition) is 4. The first-order chi connectivity index (χ1) is 8.80. The van der Waals surface area contributed by atoms with Crippen molar-refractivity contribution in [2.45, 2.75) is 52.1 Å². The molecule has 1 fully saturated rings. The number of rotatable bonds is 3. The summed E-state index contributed by atoms with van der Waals surface area (Å²) in [5.41, 5.74) is 7.21. The first-order valence-corrected chi connectivity index (χ1v) is 6.98. The molecule has 4 nitrogen and oxygen atoms in total. The number of nitrogen functional groups attached to an aromatic ring is 1. The van der Waals surface area contributed by atoms with E-state index >= 15 is 0 Å². The van der Waals surface area contributed by atoms with E-state index in [-0.39, 0.29) is 0 Å². The van der Waals surface area contributed by atoms with Gasteiger partial charge in [0.25, 0.3) is 0 Å². The fraction of sp³-hybridized carbons (Fsp3) is 0.667. The number of nitrogens with two attached hydrogens (primary N) is 1. The third kappa shape index (κ3) is 3.60. The van der Waals surface area contributed by atoms with E-state index in [1.54, 1.807) is 6.20 Å². The zero-order chi connectivity index (χ0) is 14.1. The van der Waals surface area contributed by atoms with Crippen LogP contribution >= 0.6 is 0 Å². The fourth-order valence-electron chi connectivity index (χ4n) is 2.49. The number of aryl methyl sites for hydroxylation is 1. The summed E-state index contributed by atoms with van der Waals surface area (Å²) in [6.45, 7) is 7.05. The molecule has 1 heterocycles. The Labute approximate surface area is 115 Å². The molecule has 1 aromatic heterocycles. The van der Waals surface area contributed by atoms with E-state index in [4.69, 9.17) is 5.73 Å². The van der Waals surface area contributed by atoms with Crippen LogP contribution in [-0.2, 0) is 0 Å². The molecule has 19 heavy (non-hydrogen) atoms. The Bertz CT molecular complexity index is 447. The average molecular weight is 263 g/mol. The van der Waals surface area contributed by atoms with Crippen LogP contribution in [0.5, 0.6) is 0 Å². The predicted molar refractivity (Wildman–Crippen MR) is 79.1 cm³/mol. The SMILES string of the molecule is Cc1cc(NCC2(O)CCC(C)(C)CC2)ncc1N. The molecule has 1 aromatic rings. The highest BCUT2D eigenvalue weighted by Gasteiger charge is 2.36. The van der Waals surface area contributed by atoms with Crippen LogP contribution in [0.1, 0.15) is 45.1 Å². The summed E-state index contributed by atoms with van der Waals surface area (Å²) >= 11 is 0. The van der Waals surface area contributed by atoms with Crippen LogP contribution in [0.3, 0.4) is 0 Å². The van der Waals surface area contributed by atoms with Gasteiger partial charge in [-0.05, 0) is 49.7 Å². The summed E-state index contributed by atoms with van der Waals surface area (Å²) in [6, 6.07) is 1.92. The molecule has 1 aliphatic rings. The molecule has 0 spiro atoms. The highest BCUT2D eigenvalue weighted by molar-refractivity contribution is 5.50. The van der Waals surface area contributed by atoms with Crippen molar-refractivity contribution in [3.8, 4) is 0 Å². The van der Waals surface area contributed by atoms with Crippen molar-refractivity contribution in [1.29, 1.82) is 0 Å². The maximum absolute atomic E-state index is 10.6. The summed E-state index contributed by atoms with van der Waals surface area (Å²) in [5.74, 6) is 0.782. The van der Waals surface area contributed by atoms with Crippen LogP contribution in [0, 0.1) is 12.3 Å². The van der Waals surface area contributed by atoms with Gasteiger partial charge >= 0.3 is 0 Å². The van der Waals surface area contributed by atoms with E-state index in [0.29, 0.717) is 17.6 Å². The summed E-state index contributed by atoms with van der Waals surface area (Å²) in [5, 5.41) is 13.8. The van der Waals surface area contributed by atoms with Crippen molar-refractivity contribution in [1.82, 2.24) is 4.98 Å². The number of nitrogens with zero attached hydrogens (tertiary/aromatic N) is 1. The van der Waals surface area contributed by atoms with Gasteiger partial charge in [-0.25, -0.2) is 4.98 Å². The van der Waals surface area contributed by atoms with E-state index in [1.807, 2.05) is 13.0 Å². The van der Waals surface area contributed by atoms with Gasteiger partial charge in [-0.3, -0.25) is 0 Å². The van der Waals surface area contributed by atoms with E-state index < -0.39 is 5.60 Å². The predicted octanol–water partition coefficient (Wildman–Crippen LogP) is 2.72. The highest BCUT2D eigenvalue weighted by atomic mass is 16.3. The van der Waals surface area contributed by atoms with Crippen molar-refractivity contribution >= 4 is 11.5 Å². The topological polar surface area (TPSA) is 71.2 Å². The summed E-state index contributed by atoms with van der Waals surface area (Å²) in [6.07, 6.45) is 5.49. The second kappa shape index (κ2) is 5.00. The molecule has 0 atom stereocenters. The van der Waals surface area contributed by atoms with Crippen molar-refractivity contribution in [2.75, 3.05) is 17.6 Å². The lowest BCUT2D eigenvalue weighted by Gasteiger charge is -2.40. The number of aliphatic hydroxyl groups is 1. The van der Waals surface area contributed by atoms with Gasteiger partial charge in [0.2, 0.25) is 0 Å². The Kier molecular flexibility index (Phi) is 3.72. The number of aromatic nitrogens is 1. The average Bonchev–Trinajstić information content (AvgIpc) is 2.36. The van der Waals surface area contributed by atoms with Crippen molar-refractivity contribution in [2.24, 2.45) is 5.41 Å². The van der Waals surface area contributed by atoms with Crippen LogP contribution in [0.15, 0.2) is 12.3 Å². The van der Waals surface area contributed by atoms with Crippen molar-refractivity contribution in [3.05, 3.63) is 17.8 Å². The van der Waals surface area contributed by atoms with Crippen molar-refractivity contribution in [3.63, 3.8) is 0 Å². The second-order valence-corrected chi connectivity index (χ2v) is 6.67. The molecule has 0 bridgehead atoms. The van der Waals surface area contributed by atoms with Crippen LogP contribution < -0.4 is 11.1 Å². The lowest BCUT2D eigenvalue weighted by Crippen LogP contribution is -2.42. The van der Waals surface area contributed by atoms with Gasteiger partial charge in [0, 0.05) is 6.54 Å². The standard InChI is InChI=1S/C15H25N3O/c1-11-8-13(17-9-12(11)16)18-10-15(19)6-4-14(2,3)5-7-15/h8-9,19H,4-7,10,16H2,1-3H3,(H,17,18). The molecule has 0 aromatic carbocycles. The number of nitrogens with one attached hydrogen (secondary N) is 1. The highest BCUT2D eigenvalue weighted by Crippen LogP contribution is 2.40. The van der Waals surface area contributed by atoms with Gasteiger partial charge in [-0.1, -0.05) is 13.8 Å². The number of anilines is 2. The Morgan fingerprint density at radius 3 is 2.53 bits per heavy atom. The minimum atomic E-state index is -0.605. The minimum Gasteiger partial charge on any atom is -0.397 e. The molecule has 4 N–H and O–H groups in total. The normalized spacial score (nSPS) is 21.1. The Morgan fingerprint density at radius 1 is 1.32 bits per heavy atom. The molecule has 0 amide bonds. The molecule has 106 valence electrons. The van der Waals surface area contributed by atoms with Crippen LogP contribution in [0.4, 0.5) is 11.5 Å². The van der Waals surface area contributed by atoms with Gasteiger partial charge in [0.15, 0.2) is 0 Å². The maximum Gasteiger partial charge on any atom is 0.126 e. The Hall–Kier alpha value is -1.29. The first kappa shape index (κ1) is 14.1. The van der Waals surface area contributed by atoms with Gasteiger partial charge in [0.05, 0.1) is 17.5 Å². The van der Waals surface area contributed by atoms with Crippen LogP contribution in [0.2, 0.25) is 0 Å². The van der Waals surface area contributed by atoms with Crippen LogP contribution in [-0.4, -0.2) is 22.2 Å². The van der Waals surface area contributed by atoms with Crippen LogP contribution in [0.25, 0.3) is 0 Å². The number of hydrogen-bond donors (Lipinski definition) is 3. The van der Waals surface area contributed by atoms with E-state index in [0.717, 1.165) is 37.1 Å². The first-order valence-electron chi connectivity index (χ1n) is 6.98. The minimum absolute atomic E-state index is 0.363. The molecule has 0 unspecified atom stereocenters. The van der Waals surface area contributed by atoms with E-state index in [2.05, 4.69) is 24.1 Å². The zero-order valence-electron chi connectivity index (χ0n) is 12.2. The van der Waals surface area contributed by atoms with E-state index in [9.17, 15) is 5.11 Å². The number of pyridine rings is 1. The molecule has 1 aliphatic carbocycles. The Balaban J connectivity index is 1.93. The van der Waals surface area contributed by atoms with Gasteiger partial charge in [0.1, 0.15) is 5.82 Å². The third-order valence-electron chi connectivity index (χ3n) is 4.28. The van der Waals surface area contributed by atoms with Gasteiger partial charge < -0.3 is 16.2 Å². The summed E-state index contributed by atoms with van der Waals surface area (Å²) in [7, 11) is 0. The second-order valence-electron chi connectivity index (χ2n) is 6.67. The van der Waals surface area contributed by atoms with Gasteiger partial charge in [-0.15, -0.1) is 0 Å². The molecule has 1 saturated carbocycles. The Morgan fingerprint density at radius 2 is 1.95 bits per heavy atom. The summed E-state index contributed by atoms with van der Waals surface area (Å²) in [4.78, 5) is 4.24. The molecule has 0 aliphatic heterocycles. The maximum atomic E-state index is 10.6. The molecular weight excluding hydrogens is 238 g/mol. The lowest BCUT2D eigenvalue weighted by atomic mass is 9.71. The quantitative estimate of drug-likeness (QED) is 0.784. The molecular formula is C15H25N3O. The zero-order valence-corrected chi connectivity index (χ0v) is 12.2. The monoisotopic (exact) mass is 263 g/mol. The fourth-order valence-corrected chi connectivity index (χ4v) is 2.49.